The van der Waals surface area contributed by atoms with E-state index in [1.54, 1.807) is 6.92 Å². The molecule has 2 saturated heterocycles. The van der Waals surface area contributed by atoms with E-state index in [1.807, 2.05) is 30.3 Å². The summed E-state index contributed by atoms with van der Waals surface area (Å²) in [5, 5.41) is 0. The van der Waals surface area contributed by atoms with Crippen LogP contribution in [0, 0.1) is 5.92 Å². The van der Waals surface area contributed by atoms with Crippen LogP contribution in [-0.2, 0) is 20.8 Å². The highest BCUT2D eigenvalue weighted by atomic mass is 16.7. The van der Waals surface area contributed by atoms with Crippen LogP contribution in [0.15, 0.2) is 39.9 Å². The molecular weight excluding hydrogens is 426 g/mol. The Bertz CT molecular complexity index is 1080. The van der Waals surface area contributed by atoms with E-state index in [0.717, 1.165) is 24.9 Å². The number of nitrogens with zero attached hydrogens (tertiary/aromatic N) is 3. The molecule has 10 heteroatoms. The molecule has 2 aliphatic heterocycles. The fourth-order valence-corrected chi connectivity index (χ4v) is 4.60. The average Bonchev–Trinajstić information content (AvgIpc) is 3.35. The maximum Gasteiger partial charge on any atom is 0.330 e. The van der Waals surface area contributed by atoms with Gasteiger partial charge in [-0.1, -0.05) is 30.3 Å². The van der Waals surface area contributed by atoms with Gasteiger partial charge in [-0.2, -0.15) is 0 Å². The molecule has 2 aromatic rings. The van der Waals surface area contributed by atoms with Crippen molar-refractivity contribution in [2.45, 2.75) is 32.6 Å². The van der Waals surface area contributed by atoms with Gasteiger partial charge in [-0.15, -0.1) is 0 Å². The van der Waals surface area contributed by atoms with Crippen molar-refractivity contribution in [1.29, 1.82) is 0 Å². The zero-order valence-corrected chi connectivity index (χ0v) is 18.9. The second-order valence-corrected chi connectivity index (χ2v) is 8.45. The first-order valence-corrected chi connectivity index (χ1v) is 11.4. The smallest absolute Gasteiger partial charge is 0.330 e. The molecule has 10 nitrogen and oxygen atoms in total. The molecule has 0 aliphatic carbocycles. The second-order valence-electron chi connectivity index (χ2n) is 8.45. The predicted octanol–water partition coefficient (Wildman–Crippen LogP) is 0.605. The van der Waals surface area contributed by atoms with Crippen molar-refractivity contribution in [3.05, 3.63) is 56.7 Å². The Hall–Kier alpha value is -2.95. The highest BCUT2D eigenvalue weighted by Crippen LogP contribution is 2.25. The van der Waals surface area contributed by atoms with Gasteiger partial charge in [0.1, 0.15) is 5.82 Å². The summed E-state index contributed by atoms with van der Waals surface area (Å²) in [4.78, 5) is 44.2. The van der Waals surface area contributed by atoms with Crippen LogP contribution in [0.5, 0.6) is 0 Å². The molecule has 0 spiro atoms. The number of amides is 1. The molecule has 1 aromatic heterocycles. The zero-order chi connectivity index (χ0) is 23.4. The number of hydrogen-bond acceptors (Lipinski definition) is 7. The quantitative estimate of drug-likeness (QED) is 0.624. The summed E-state index contributed by atoms with van der Waals surface area (Å²) in [5.74, 6) is -0.0500. The molecule has 2 aliphatic rings. The molecule has 0 radical (unpaired) electrons. The zero-order valence-electron chi connectivity index (χ0n) is 18.9. The minimum absolute atomic E-state index is 0.00838. The SMILES string of the molecule is CCN(C(=O)CN1CCC[C@H](C2OCCO2)C1)c1c(N)n(Cc2ccccc2)c(=O)[nH]c1=O. The standard InChI is InChI=1S/C23H31N5O5/c1-2-27(18(29)15-26-10-6-9-17(14-26)22-32-11-12-33-22)19-20(24)28(23(31)25-21(19)30)13-16-7-4-3-5-8-16/h3-5,7-8,17,22H,2,6,9-15,24H2,1H3,(H,25,30,31)/t17-/m0/s1. The molecule has 1 amide bonds. The van der Waals surface area contributed by atoms with Crippen molar-refractivity contribution in [2.24, 2.45) is 5.92 Å². The lowest BCUT2D eigenvalue weighted by Gasteiger charge is -2.35. The minimum atomic E-state index is -0.665. The number of nitrogen functional groups attached to an aromatic ring is 1. The summed E-state index contributed by atoms with van der Waals surface area (Å²) < 4.78 is 12.6. The van der Waals surface area contributed by atoms with Gasteiger partial charge in [-0.3, -0.25) is 24.0 Å². The van der Waals surface area contributed by atoms with Gasteiger partial charge < -0.3 is 20.1 Å². The minimum Gasteiger partial charge on any atom is -0.383 e. The van der Waals surface area contributed by atoms with Crippen LogP contribution in [0.2, 0.25) is 0 Å². The highest BCUT2D eigenvalue weighted by Gasteiger charge is 2.33. The van der Waals surface area contributed by atoms with E-state index in [9.17, 15) is 14.4 Å². The van der Waals surface area contributed by atoms with Crippen LogP contribution in [0.1, 0.15) is 25.3 Å². The molecule has 33 heavy (non-hydrogen) atoms. The first-order valence-electron chi connectivity index (χ1n) is 11.4. The maximum atomic E-state index is 13.3. The van der Waals surface area contributed by atoms with Crippen LogP contribution in [0.25, 0.3) is 0 Å². The number of nitrogens with one attached hydrogen (secondary N) is 1. The van der Waals surface area contributed by atoms with Crippen molar-refractivity contribution < 1.29 is 14.3 Å². The van der Waals surface area contributed by atoms with E-state index in [0.29, 0.717) is 19.8 Å². The molecule has 1 aromatic carbocycles. The molecule has 1 atom stereocenters. The summed E-state index contributed by atoms with van der Waals surface area (Å²) in [7, 11) is 0. The molecule has 178 valence electrons. The number of anilines is 2. The lowest BCUT2D eigenvalue weighted by atomic mass is 9.97. The van der Waals surface area contributed by atoms with Gasteiger partial charge in [0.2, 0.25) is 5.91 Å². The summed E-state index contributed by atoms with van der Waals surface area (Å²) in [6, 6.07) is 9.33. The normalized spacial score (nSPS) is 19.6. The van der Waals surface area contributed by atoms with Crippen molar-refractivity contribution in [2.75, 3.05) is 50.0 Å². The van der Waals surface area contributed by atoms with Crippen LogP contribution in [-0.4, -0.2) is 66.0 Å². The van der Waals surface area contributed by atoms with E-state index in [-0.39, 0.29) is 49.3 Å². The van der Waals surface area contributed by atoms with Crippen LogP contribution >= 0.6 is 0 Å². The van der Waals surface area contributed by atoms with Gasteiger partial charge in [0, 0.05) is 19.0 Å². The van der Waals surface area contributed by atoms with Gasteiger partial charge in [-0.05, 0) is 31.9 Å². The number of benzene rings is 1. The third-order valence-electron chi connectivity index (χ3n) is 6.22. The van der Waals surface area contributed by atoms with E-state index in [2.05, 4.69) is 9.88 Å². The molecule has 0 unspecified atom stereocenters. The van der Waals surface area contributed by atoms with Crippen LogP contribution in [0.3, 0.4) is 0 Å². The summed E-state index contributed by atoms with van der Waals surface area (Å²) in [5.41, 5.74) is 5.88. The number of carbonyl (C=O) groups excluding carboxylic acids is 1. The van der Waals surface area contributed by atoms with Gasteiger partial charge in [0.05, 0.1) is 26.3 Å². The number of nitrogens with two attached hydrogens (primary N) is 1. The first kappa shape index (κ1) is 23.2. The number of likely N-dealkylation sites (tertiary alicyclic amines) is 1. The van der Waals surface area contributed by atoms with E-state index in [1.165, 1.54) is 9.47 Å². The second kappa shape index (κ2) is 10.3. The number of rotatable bonds is 7. The van der Waals surface area contributed by atoms with Gasteiger partial charge in [-0.25, -0.2) is 4.79 Å². The van der Waals surface area contributed by atoms with E-state index in [4.69, 9.17) is 15.2 Å². The average molecular weight is 458 g/mol. The largest absolute Gasteiger partial charge is 0.383 e. The van der Waals surface area contributed by atoms with Crippen molar-refractivity contribution >= 4 is 17.4 Å². The summed E-state index contributed by atoms with van der Waals surface area (Å²) in [6.07, 6.45) is 1.72. The Kier molecular flexibility index (Phi) is 7.26. The number of piperidine rings is 1. The van der Waals surface area contributed by atoms with Crippen molar-refractivity contribution in [3.63, 3.8) is 0 Å². The summed E-state index contributed by atoms with van der Waals surface area (Å²) in [6.45, 7) is 5.04. The monoisotopic (exact) mass is 457 g/mol. The number of likely N-dealkylation sites (N-methyl/N-ethyl adjacent to an activating group) is 1. The Balaban J connectivity index is 1.54. The van der Waals surface area contributed by atoms with E-state index >= 15 is 0 Å². The molecular formula is C23H31N5O5. The van der Waals surface area contributed by atoms with Crippen LogP contribution in [0.4, 0.5) is 11.5 Å². The Morgan fingerprint density at radius 2 is 1.94 bits per heavy atom. The van der Waals surface area contributed by atoms with Crippen molar-refractivity contribution in [1.82, 2.24) is 14.5 Å². The Morgan fingerprint density at radius 1 is 1.21 bits per heavy atom. The Morgan fingerprint density at radius 3 is 2.64 bits per heavy atom. The van der Waals surface area contributed by atoms with Gasteiger partial charge in [0.15, 0.2) is 12.0 Å². The van der Waals surface area contributed by atoms with Crippen LogP contribution < -0.4 is 21.9 Å². The number of carbonyl (C=O) groups is 1. The predicted molar refractivity (Wildman–Crippen MR) is 124 cm³/mol. The molecule has 2 fully saturated rings. The number of aromatic amines is 1. The number of ether oxygens (including phenoxy) is 2. The number of H-pyrrole nitrogens is 1. The van der Waals surface area contributed by atoms with E-state index < -0.39 is 11.2 Å². The lowest BCUT2D eigenvalue weighted by Crippen LogP contribution is -2.48. The van der Waals surface area contributed by atoms with Gasteiger partial charge in [0.25, 0.3) is 5.56 Å². The number of hydrogen-bond donors (Lipinski definition) is 2. The molecule has 0 bridgehead atoms. The van der Waals surface area contributed by atoms with Crippen molar-refractivity contribution in [3.8, 4) is 0 Å². The topological polar surface area (TPSA) is 123 Å². The highest BCUT2D eigenvalue weighted by molar-refractivity contribution is 5.96. The Labute approximate surface area is 191 Å². The maximum absolute atomic E-state index is 13.3. The third-order valence-corrected chi connectivity index (χ3v) is 6.22. The lowest BCUT2D eigenvalue weighted by molar-refractivity contribution is -0.123. The fraction of sp³-hybridized carbons (Fsp3) is 0.522. The number of aromatic nitrogens is 2. The fourth-order valence-electron chi connectivity index (χ4n) is 4.60. The molecule has 4 rings (SSSR count). The third kappa shape index (κ3) is 5.18. The first-order chi connectivity index (χ1) is 16.0. The summed E-state index contributed by atoms with van der Waals surface area (Å²) >= 11 is 0. The van der Waals surface area contributed by atoms with Gasteiger partial charge >= 0.3 is 5.69 Å². The molecule has 3 heterocycles. The molecule has 0 saturated carbocycles. The molecule has 3 N–H and O–H groups in total.